The molecular formula is C19H21ClN2O. The summed E-state index contributed by atoms with van der Waals surface area (Å²) >= 11 is 5.99. The number of rotatable bonds is 4. The van der Waals surface area contributed by atoms with E-state index in [9.17, 15) is 4.79 Å². The molecule has 23 heavy (non-hydrogen) atoms. The van der Waals surface area contributed by atoms with Gasteiger partial charge in [0, 0.05) is 35.8 Å². The summed E-state index contributed by atoms with van der Waals surface area (Å²) in [6, 6.07) is 11.5. The van der Waals surface area contributed by atoms with Gasteiger partial charge in [-0.15, -0.1) is 0 Å². The highest BCUT2D eigenvalue weighted by atomic mass is 35.5. The number of pyridine rings is 1. The van der Waals surface area contributed by atoms with Gasteiger partial charge in [-0.25, -0.2) is 0 Å². The maximum absolute atomic E-state index is 12.8. The van der Waals surface area contributed by atoms with Gasteiger partial charge in [-0.1, -0.05) is 17.7 Å². The Bertz CT molecular complexity index is 687. The van der Waals surface area contributed by atoms with Gasteiger partial charge < -0.3 is 0 Å². The zero-order valence-electron chi connectivity index (χ0n) is 13.3. The molecule has 0 aliphatic carbocycles. The lowest BCUT2D eigenvalue weighted by Gasteiger charge is -2.32. The highest BCUT2D eigenvalue weighted by Crippen LogP contribution is 2.24. The zero-order chi connectivity index (χ0) is 16.2. The molecular weight excluding hydrogens is 308 g/mol. The topological polar surface area (TPSA) is 33.2 Å². The molecule has 4 heteroatoms. The molecule has 0 radical (unpaired) electrons. The fraction of sp³-hybridized carbons (Fsp3) is 0.368. The molecule has 0 amide bonds. The molecule has 1 saturated heterocycles. The van der Waals surface area contributed by atoms with Crippen molar-refractivity contribution in [2.45, 2.75) is 26.3 Å². The number of carbonyl (C=O) groups excluding carboxylic acids is 1. The van der Waals surface area contributed by atoms with Crippen LogP contribution >= 0.6 is 11.6 Å². The molecule has 1 aliphatic heterocycles. The highest BCUT2D eigenvalue weighted by Gasteiger charge is 2.27. The Morgan fingerprint density at radius 2 is 2.22 bits per heavy atom. The van der Waals surface area contributed by atoms with Crippen LogP contribution in [0, 0.1) is 12.8 Å². The predicted molar refractivity (Wildman–Crippen MR) is 92.8 cm³/mol. The maximum atomic E-state index is 12.8. The van der Waals surface area contributed by atoms with Gasteiger partial charge in [0.2, 0.25) is 0 Å². The van der Waals surface area contributed by atoms with Crippen molar-refractivity contribution in [3.63, 3.8) is 0 Å². The van der Waals surface area contributed by atoms with E-state index in [1.54, 1.807) is 6.07 Å². The first-order valence-electron chi connectivity index (χ1n) is 8.06. The Balaban J connectivity index is 1.69. The molecule has 0 bridgehead atoms. The van der Waals surface area contributed by atoms with Crippen LogP contribution in [0.5, 0.6) is 0 Å². The summed E-state index contributed by atoms with van der Waals surface area (Å²) < 4.78 is 0. The number of carbonyl (C=O) groups is 1. The highest BCUT2D eigenvalue weighted by molar-refractivity contribution is 6.30. The molecule has 0 saturated carbocycles. The van der Waals surface area contributed by atoms with E-state index in [0.29, 0.717) is 5.02 Å². The van der Waals surface area contributed by atoms with Gasteiger partial charge in [-0.2, -0.15) is 0 Å². The van der Waals surface area contributed by atoms with E-state index in [4.69, 9.17) is 11.6 Å². The smallest absolute Gasteiger partial charge is 0.167 e. The number of aryl methyl sites for hydroxylation is 1. The van der Waals surface area contributed by atoms with Crippen LogP contribution in [0.4, 0.5) is 0 Å². The summed E-state index contributed by atoms with van der Waals surface area (Å²) in [5.41, 5.74) is 2.83. The maximum Gasteiger partial charge on any atom is 0.167 e. The van der Waals surface area contributed by atoms with Crippen molar-refractivity contribution in [3.05, 3.63) is 64.4 Å². The number of Topliss-reactive ketones (excluding diaryl/α,β-unsaturated/α-hetero) is 1. The molecule has 1 fully saturated rings. The second-order valence-corrected chi connectivity index (χ2v) is 6.66. The van der Waals surface area contributed by atoms with Gasteiger partial charge in [-0.05, 0) is 62.2 Å². The van der Waals surface area contributed by atoms with Crippen molar-refractivity contribution in [1.82, 2.24) is 9.88 Å². The van der Waals surface area contributed by atoms with E-state index in [-0.39, 0.29) is 11.7 Å². The van der Waals surface area contributed by atoms with Crippen LogP contribution in [0.15, 0.2) is 42.6 Å². The number of aromatic nitrogens is 1. The minimum Gasteiger partial charge on any atom is -0.297 e. The Kier molecular flexibility index (Phi) is 5.09. The number of hydrogen-bond acceptors (Lipinski definition) is 3. The van der Waals surface area contributed by atoms with Crippen molar-refractivity contribution in [3.8, 4) is 0 Å². The minimum atomic E-state index is 0.0623. The average molecular weight is 329 g/mol. The van der Waals surface area contributed by atoms with Crippen LogP contribution in [-0.4, -0.2) is 28.8 Å². The molecule has 0 N–H and O–H groups in total. The number of hydrogen-bond donors (Lipinski definition) is 0. The van der Waals surface area contributed by atoms with E-state index in [0.717, 1.165) is 49.3 Å². The van der Waals surface area contributed by atoms with Crippen LogP contribution in [0.2, 0.25) is 5.02 Å². The van der Waals surface area contributed by atoms with Crippen LogP contribution in [0.25, 0.3) is 0 Å². The normalized spacial score (nSPS) is 18.8. The first kappa shape index (κ1) is 16.2. The summed E-state index contributed by atoms with van der Waals surface area (Å²) in [6.07, 6.45) is 3.83. The largest absolute Gasteiger partial charge is 0.297 e. The van der Waals surface area contributed by atoms with Gasteiger partial charge in [0.1, 0.15) is 0 Å². The van der Waals surface area contributed by atoms with Crippen molar-refractivity contribution in [2.75, 3.05) is 13.1 Å². The summed E-state index contributed by atoms with van der Waals surface area (Å²) in [6.45, 7) is 4.59. The second kappa shape index (κ2) is 7.24. The Morgan fingerprint density at radius 1 is 1.35 bits per heavy atom. The molecule has 1 aromatic heterocycles. The molecule has 0 spiro atoms. The van der Waals surface area contributed by atoms with E-state index < -0.39 is 0 Å². The number of likely N-dealkylation sites (tertiary alicyclic amines) is 1. The van der Waals surface area contributed by atoms with Crippen molar-refractivity contribution in [2.24, 2.45) is 5.92 Å². The van der Waals surface area contributed by atoms with Crippen molar-refractivity contribution in [1.29, 1.82) is 0 Å². The van der Waals surface area contributed by atoms with Gasteiger partial charge in [-0.3, -0.25) is 14.7 Å². The van der Waals surface area contributed by atoms with Gasteiger partial charge >= 0.3 is 0 Å². The molecule has 1 aromatic carbocycles. The van der Waals surface area contributed by atoms with E-state index in [1.165, 1.54) is 0 Å². The SMILES string of the molecule is Cc1cc(Cl)ccc1C(=O)C1CCCN(Cc2ccccn2)C1. The van der Waals surface area contributed by atoms with Crippen LogP contribution < -0.4 is 0 Å². The first-order valence-corrected chi connectivity index (χ1v) is 8.44. The number of ketones is 1. The average Bonchev–Trinajstić information content (AvgIpc) is 2.55. The third-order valence-electron chi connectivity index (χ3n) is 4.44. The molecule has 1 unspecified atom stereocenters. The summed E-state index contributed by atoms with van der Waals surface area (Å²) in [4.78, 5) is 19.6. The molecule has 3 nitrogen and oxygen atoms in total. The third kappa shape index (κ3) is 3.98. The quantitative estimate of drug-likeness (QED) is 0.791. The number of piperidine rings is 1. The fourth-order valence-electron chi connectivity index (χ4n) is 3.26. The van der Waals surface area contributed by atoms with Gasteiger partial charge in [0.25, 0.3) is 0 Å². The number of benzene rings is 1. The summed E-state index contributed by atoms with van der Waals surface area (Å²) in [7, 11) is 0. The lowest BCUT2D eigenvalue weighted by atomic mass is 9.88. The van der Waals surface area contributed by atoms with Crippen molar-refractivity contribution >= 4 is 17.4 Å². The summed E-state index contributed by atoms with van der Waals surface area (Å²) in [5, 5.41) is 0.680. The predicted octanol–water partition coefficient (Wildman–Crippen LogP) is 4.14. The monoisotopic (exact) mass is 328 g/mol. The second-order valence-electron chi connectivity index (χ2n) is 6.22. The Hall–Kier alpha value is -1.71. The molecule has 120 valence electrons. The standard InChI is InChI=1S/C19H21ClN2O/c1-14-11-16(20)7-8-18(14)19(23)15-5-4-10-22(12-15)13-17-6-2-3-9-21-17/h2-3,6-9,11,15H,4-5,10,12-13H2,1H3. The lowest BCUT2D eigenvalue weighted by molar-refractivity contribution is 0.0809. The van der Waals surface area contributed by atoms with Crippen LogP contribution in [-0.2, 0) is 6.54 Å². The summed E-state index contributed by atoms with van der Waals surface area (Å²) in [5.74, 6) is 0.303. The van der Waals surface area contributed by atoms with E-state index >= 15 is 0 Å². The van der Waals surface area contributed by atoms with Crippen LogP contribution in [0.3, 0.4) is 0 Å². The van der Waals surface area contributed by atoms with Crippen LogP contribution in [0.1, 0.15) is 34.5 Å². The fourth-order valence-corrected chi connectivity index (χ4v) is 3.48. The third-order valence-corrected chi connectivity index (χ3v) is 4.68. The number of nitrogens with zero attached hydrogens (tertiary/aromatic N) is 2. The lowest BCUT2D eigenvalue weighted by Crippen LogP contribution is -2.38. The first-order chi connectivity index (χ1) is 11.1. The van der Waals surface area contributed by atoms with Crippen molar-refractivity contribution < 1.29 is 4.79 Å². The minimum absolute atomic E-state index is 0.0623. The number of halogens is 1. The van der Waals surface area contributed by atoms with Gasteiger partial charge in [0.05, 0.1) is 5.69 Å². The Morgan fingerprint density at radius 3 is 2.96 bits per heavy atom. The molecule has 2 aromatic rings. The van der Waals surface area contributed by atoms with Gasteiger partial charge in [0.15, 0.2) is 5.78 Å². The zero-order valence-corrected chi connectivity index (χ0v) is 14.1. The Labute approximate surface area is 142 Å². The molecule has 3 rings (SSSR count). The van der Waals surface area contributed by atoms with E-state index in [1.807, 2.05) is 43.5 Å². The molecule has 1 aliphatic rings. The van der Waals surface area contributed by atoms with E-state index in [2.05, 4.69) is 9.88 Å². The molecule has 2 heterocycles. The molecule has 1 atom stereocenters.